The van der Waals surface area contributed by atoms with Gasteiger partial charge in [0.2, 0.25) is 0 Å². The van der Waals surface area contributed by atoms with Crippen LogP contribution in [0.3, 0.4) is 0 Å². The fraction of sp³-hybridized carbons (Fsp3) is 0.250. The molecule has 0 radical (unpaired) electrons. The van der Waals surface area contributed by atoms with Crippen molar-refractivity contribution in [3.8, 4) is 5.75 Å². The van der Waals surface area contributed by atoms with E-state index in [2.05, 4.69) is 5.32 Å². The number of nitrogens with one attached hydrogen (secondary N) is 1. The maximum absolute atomic E-state index is 12.8. The summed E-state index contributed by atoms with van der Waals surface area (Å²) in [5.41, 5.74) is 2.40. The third-order valence-electron chi connectivity index (χ3n) is 5.25. The lowest BCUT2D eigenvalue weighted by Gasteiger charge is -2.32. The number of piperidine rings is 1. The van der Waals surface area contributed by atoms with E-state index in [1.807, 2.05) is 76.3 Å². The van der Waals surface area contributed by atoms with Crippen LogP contribution in [0, 0.1) is 0 Å². The van der Waals surface area contributed by atoms with E-state index in [1.54, 1.807) is 0 Å². The lowest BCUT2D eigenvalue weighted by atomic mass is 10.0. The van der Waals surface area contributed by atoms with Crippen LogP contribution in [0.25, 0.3) is 0 Å². The van der Waals surface area contributed by atoms with E-state index in [0.717, 1.165) is 24.2 Å². The van der Waals surface area contributed by atoms with Crippen LogP contribution in [0.2, 0.25) is 0 Å². The smallest absolute Gasteiger partial charge is 0.253 e. The molecule has 2 heterocycles. The number of amides is 2. The van der Waals surface area contributed by atoms with Crippen molar-refractivity contribution in [3.63, 3.8) is 0 Å². The van der Waals surface area contributed by atoms with Gasteiger partial charge in [0.15, 0.2) is 0 Å². The number of carbonyl (C=O) groups excluding carboxylic acids is 2. The predicted molar refractivity (Wildman–Crippen MR) is 118 cm³/mol. The van der Waals surface area contributed by atoms with Gasteiger partial charge in [0.05, 0.1) is 0 Å². The number of rotatable bonds is 6. The summed E-state index contributed by atoms with van der Waals surface area (Å²) in [6, 6.07) is 19.2. The Bertz CT molecular complexity index is 963. The molecule has 5 nitrogen and oxygen atoms in total. The highest BCUT2D eigenvalue weighted by atomic mass is 32.1. The van der Waals surface area contributed by atoms with Crippen LogP contribution in [-0.4, -0.2) is 35.8 Å². The lowest BCUT2D eigenvalue weighted by Crippen LogP contribution is -2.46. The molecule has 0 saturated carbocycles. The van der Waals surface area contributed by atoms with Crippen molar-refractivity contribution in [3.05, 3.63) is 88.1 Å². The van der Waals surface area contributed by atoms with Crippen molar-refractivity contribution in [2.45, 2.75) is 25.5 Å². The molecule has 6 heteroatoms. The summed E-state index contributed by atoms with van der Waals surface area (Å²) in [5, 5.41) is 6.82. The Morgan fingerprint density at radius 1 is 0.967 bits per heavy atom. The molecule has 1 saturated heterocycles. The third kappa shape index (κ3) is 5.07. The Kier molecular flexibility index (Phi) is 6.44. The van der Waals surface area contributed by atoms with Crippen LogP contribution in [0.5, 0.6) is 5.75 Å². The topological polar surface area (TPSA) is 58.6 Å². The molecule has 0 unspecified atom stereocenters. The summed E-state index contributed by atoms with van der Waals surface area (Å²) in [6.45, 7) is 1.76. The van der Waals surface area contributed by atoms with Crippen molar-refractivity contribution < 1.29 is 14.3 Å². The Morgan fingerprint density at radius 3 is 2.37 bits per heavy atom. The largest absolute Gasteiger partial charge is 0.489 e. The summed E-state index contributed by atoms with van der Waals surface area (Å²) in [6.07, 6.45) is 1.54. The highest BCUT2D eigenvalue weighted by molar-refractivity contribution is 7.08. The second kappa shape index (κ2) is 9.59. The summed E-state index contributed by atoms with van der Waals surface area (Å²) in [4.78, 5) is 26.9. The van der Waals surface area contributed by atoms with Crippen molar-refractivity contribution in [2.24, 2.45) is 0 Å². The fourth-order valence-corrected chi connectivity index (χ4v) is 4.13. The van der Waals surface area contributed by atoms with Gasteiger partial charge in [-0.05, 0) is 54.1 Å². The number of benzene rings is 2. The van der Waals surface area contributed by atoms with Gasteiger partial charge in [-0.1, -0.05) is 30.3 Å². The van der Waals surface area contributed by atoms with Gasteiger partial charge in [0.1, 0.15) is 12.4 Å². The molecule has 3 aromatic rings. The lowest BCUT2D eigenvalue weighted by molar-refractivity contribution is 0.0698. The molecular weight excluding hydrogens is 396 g/mol. The van der Waals surface area contributed by atoms with Gasteiger partial charge in [-0.15, -0.1) is 0 Å². The Labute approximate surface area is 180 Å². The van der Waals surface area contributed by atoms with Gasteiger partial charge in [-0.2, -0.15) is 11.3 Å². The molecular formula is C24H24N2O3S. The molecule has 1 aromatic heterocycles. The molecule has 30 heavy (non-hydrogen) atoms. The summed E-state index contributed by atoms with van der Waals surface area (Å²) in [5.74, 6) is 0.828. The Balaban J connectivity index is 1.26. The second-order valence-corrected chi connectivity index (χ2v) is 8.13. The summed E-state index contributed by atoms with van der Waals surface area (Å²) < 4.78 is 5.75. The molecule has 154 valence electrons. The maximum atomic E-state index is 12.8. The standard InChI is InChI=1S/C24H24N2O3S/c27-23(20-12-15-30-17-20)25-21-10-13-26(14-11-21)24(28)19-8-6-18(7-9-19)16-29-22-4-2-1-3-5-22/h1-9,12,15,17,21H,10-11,13-14,16H2,(H,25,27). The van der Waals surface area contributed by atoms with E-state index >= 15 is 0 Å². The van der Waals surface area contributed by atoms with Gasteiger partial charge < -0.3 is 15.0 Å². The number of ether oxygens (including phenoxy) is 1. The van der Waals surface area contributed by atoms with Gasteiger partial charge in [-0.3, -0.25) is 9.59 Å². The van der Waals surface area contributed by atoms with E-state index in [4.69, 9.17) is 4.74 Å². The second-order valence-electron chi connectivity index (χ2n) is 7.35. The van der Waals surface area contributed by atoms with Crippen LogP contribution in [0.4, 0.5) is 0 Å². The number of para-hydroxylation sites is 1. The van der Waals surface area contributed by atoms with Crippen molar-refractivity contribution in [2.75, 3.05) is 13.1 Å². The minimum atomic E-state index is -0.0330. The molecule has 1 aliphatic rings. The first kappa shape index (κ1) is 20.2. The van der Waals surface area contributed by atoms with Gasteiger partial charge in [0, 0.05) is 35.6 Å². The maximum Gasteiger partial charge on any atom is 0.253 e. The molecule has 0 atom stereocenters. The quantitative estimate of drug-likeness (QED) is 0.645. The monoisotopic (exact) mass is 420 g/mol. The zero-order valence-corrected chi connectivity index (χ0v) is 17.4. The number of nitrogens with zero attached hydrogens (tertiary/aromatic N) is 1. The Morgan fingerprint density at radius 2 is 1.70 bits per heavy atom. The third-order valence-corrected chi connectivity index (χ3v) is 5.93. The van der Waals surface area contributed by atoms with Crippen LogP contribution in [0.1, 0.15) is 39.1 Å². The summed E-state index contributed by atoms with van der Waals surface area (Å²) in [7, 11) is 0. The molecule has 2 amide bonds. The SMILES string of the molecule is O=C(NC1CCN(C(=O)c2ccc(COc3ccccc3)cc2)CC1)c1ccsc1. The number of hydrogen-bond acceptors (Lipinski definition) is 4. The van der Waals surface area contributed by atoms with Crippen LogP contribution >= 0.6 is 11.3 Å². The average molecular weight is 421 g/mol. The predicted octanol–water partition coefficient (Wildman–Crippen LogP) is 4.36. The summed E-state index contributed by atoms with van der Waals surface area (Å²) >= 11 is 1.51. The molecule has 1 N–H and O–H groups in total. The molecule has 2 aromatic carbocycles. The van der Waals surface area contributed by atoms with Crippen LogP contribution in [-0.2, 0) is 6.61 Å². The van der Waals surface area contributed by atoms with E-state index in [1.165, 1.54) is 11.3 Å². The molecule has 4 rings (SSSR count). The molecule has 0 spiro atoms. The number of carbonyl (C=O) groups is 2. The van der Waals surface area contributed by atoms with Gasteiger partial charge in [0.25, 0.3) is 11.8 Å². The van der Waals surface area contributed by atoms with Gasteiger partial charge in [-0.25, -0.2) is 0 Å². The minimum Gasteiger partial charge on any atom is -0.489 e. The number of hydrogen-bond donors (Lipinski definition) is 1. The molecule has 0 aliphatic carbocycles. The van der Waals surface area contributed by atoms with E-state index < -0.39 is 0 Å². The zero-order chi connectivity index (χ0) is 20.8. The first-order valence-corrected chi connectivity index (χ1v) is 11.0. The minimum absolute atomic E-state index is 0.0330. The first-order chi connectivity index (χ1) is 14.7. The normalized spacial score (nSPS) is 14.3. The van der Waals surface area contributed by atoms with E-state index in [9.17, 15) is 9.59 Å². The van der Waals surface area contributed by atoms with E-state index in [0.29, 0.717) is 30.8 Å². The number of thiophene rings is 1. The van der Waals surface area contributed by atoms with Gasteiger partial charge >= 0.3 is 0 Å². The fourth-order valence-electron chi connectivity index (χ4n) is 3.50. The average Bonchev–Trinajstić information content (AvgIpc) is 3.34. The molecule has 1 fully saturated rings. The van der Waals surface area contributed by atoms with Crippen molar-refractivity contribution in [1.29, 1.82) is 0 Å². The van der Waals surface area contributed by atoms with Crippen LogP contribution in [0.15, 0.2) is 71.4 Å². The highest BCUT2D eigenvalue weighted by Crippen LogP contribution is 2.17. The van der Waals surface area contributed by atoms with Crippen molar-refractivity contribution >= 4 is 23.2 Å². The van der Waals surface area contributed by atoms with E-state index in [-0.39, 0.29) is 17.9 Å². The molecule has 1 aliphatic heterocycles. The zero-order valence-electron chi connectivity index (χ0n) is 16.6. The first-order valence-electron chi connectivity index (χ1n) is 10.1. The highest BCUT2D eigenvalue weighted by Gasteiger charge is 2.25. The number of likely N-dealkylation sites (tertiary alicyclic amines) is 1. The van der Waals surface area contributed by atoms with Crippen molar-refractivity contribution in [1.82, 2.24) is 10.2 Å². The Hall–Kier alpha value is -3.12. The molecule has 0 bridgehead atoms. The van der Waals surface area contributed by atoms with Crippen LogP contribution < -0.4 is 10.1 Å².